The van der Waals surface area contributed by atoms with Crippen molar-refractivity contribution in [2.75, 3.05) is 12.3 Å². The van der Waals surface area contributed by atoms with Gasteiger partial charge in [0.1, 0.15) is 0 Å². The smallest absolute Gasteiger partial charge is 0.271 e. The molecule has 0 saturated carbocycles. The molecule has 24 heavy (non-hydrogen) atoms. The Balaban J connectivity index is 2.18. The van der Waals surface area contributed by atoms with E-state index in [1.54, 1.807) is 26.0 Å². The number of nitro benzene ring substituents is 1. The van der Waals surface area contributed by atoms with E-state index in [0.29, 0.717) is 23.2 Å². The zero-order valence-corrected chi connectivity index (χ0v) is 14.3. The summed E-state index contributed by atoms with van der Waals surface area (Å²) in [6.07, 6.45) is 0.493. The van der Waals surface area contributed by atoms with Crippen LogP contribution in [0.5, 0.6) is 0 Å². The third kappa shape index (κ3) is 4.09. The zero-order valence-electron chi connectivity index (χ0n) is 13.4. The highest BCUT2D eigenvalue weighted by Gasteiger charge is 2.21. The second kappa shape index (κ2) is 6.98. The Bertz CT molecular complexity index is 862. The van der Waals surface area contributed by atoms with Crippen molar-refractivity contribution < 1.29 is 13.3 Å². The number of rotatable bonds is 6. The lowest BCUT2D eigenvalue weighted by Crippen LogP contribution is -2.27. The van der Waals surface area contributed by atoms with Gasteiger partial charge < -0.3 is 5.73 Å². The molecular weight excluding hydrogens is 330 g/mol. The topological polar surface area (TPSA) is 115 Å². The van der Waals surface area contributed by atoms with Crippen LogP contribution >= 0.6 is 0 Å². The highest BCUT2D eigenvalue weighted by atomic mass is 32.2. The molecule has 0 aromatic heterocycles. The first-order chi connectivity index (χ1) is 11.2. The molecule has 128 valence electrons. The number of anilines is 1. The lowest BCUT2D eigenvalue weighted by Gasteiger charge is -2.11. The Morgan fingerprint density at radius 2 is 1.79 bits per heavy atom. The molecule has 0 fully saturated rings. The number of hydrogen-bond acceptors (Lipinski definition) is 5. The third-order valence-corrected chi connectivity index (χ3v) is 5.38. The van der Waals surface area contributed by atoms with Crippen molar-refractivity contribution in [2.45, 2.75) is 25.2 Å². The molecule has 0 amide bonds. The van der Waals surface area contributed by atoms with Gasteiger partial charge in [0.2, 0.25) is 10.0 Å². The highest BCUT2D eigenvalue weighted by Crippen LogP contribution is 2.25. The maximum absolute atomic E-state index is 12.5. The standard InChI is InChI=1S/C16H19N3O4S/c1-11-9-15(19(20)21)10-16(12(11)2)24(22,23)18-8-7-13-3-5-14(17)6-4-13/h3-6,9-10,18H,7-8,17H2,1-2H3. The first kappa shape index (κ1) is 17.9. The van der Waals surface area contributed by atoms with Gasteiger partial charge in [-0.05, 0) is 49.1 Å². The van der Waals surface area contributed by atoms with Gasteiger partial charge in [-0.25, -0.2) is 13.1 Å². The zero-order chi connectivity index (χ0) is 17.9. The van der Waals surface area contributed by atoms with Crippen LogP contribution in [0, 0.1) is 24.0 Å². The van der Waals surface area contributed by atoms with Crippen LogP contribution in [0.3, 0.4) is 0 Å². The number of nitrogens with one attached hydrogen (secondary N) is 1. The molecule has 3 N–H and O–H groups in total. The number of nitrogens with zero attached hydrogens (tertiary/aromatic N) is 1. The van der Waals surface area contributed by atoms with Crippen LogP contribution in [-0.2, 0) is 16.4 Å². The maximum atomic E-state index is 12.5. The average Bonchev–Trinajstić information content (AvgIpc) is 2.51. The minimum absolute atomic E-state index is 0.0634. The Labute approximate surface area is 140 Å². The molecule has 0 atom stereocenters. The van der Waals surface area contributed by atoms with Gasteiger partial charge in [-0.15, -0.1) is 0 Å². The monoisotopic (exact) mass is 349 g/mol. The summed E-state index contributed by atoms with van der Waals surface area (Å²) < 4.78 is 27.4. The molecule has 0 aliphatic heterocycles. The van der Waals surface area contributed by atoms with Gasteiger partial charge in [0, 0.05) is 24.4 Å². The predicted octanol–water partition coefficient (Wildman–Crippen LogP) is 2.31. The summed E-state index contributed by atoms with van der Waals surface area (Å²) in [6, 6.07) is 9.60. The van der Waals surface area contributed by atoms with E-state index >= 15 is 0 Å². The second-order valence-corrected chi connectivity index (χ2v) is 7.27. The quantitative estimate of drug-likeness (QED) is 0.472. The first-order valence-electron chi connectivity index (χ1n) is 7.30. The molecule has 0 unspecified atom stereocenters. The molecule has 0 saturated heterocycles. The van der Waals surface area contributed by atoms with Gasteiger partial charge in [-0.1, -0.05) is 12.1 Å². The van der Waals surface area contributed by atoms with E-state index in [1.165, 1.54) is 6.07 Å². The number of nitrogen functional groups attached to an aromatic ring is 1. The largest absolute Gasteiger partial charge is 0.399 e. The maximum Gasteiger partial charge on any atom is 0.271 e. The summed E-state index contributed by atoms with van der Waals surface area (Å²) in [7, 11) is -3.83. The summed E-state index contributed by atoms with van der Waals surface area (Å²) in [5.41, 5.74) is 8.01. The molecule has 0 heterocycles. The van der Waals surface area contributed by atoms with E-state index in [-0.39, 0.29) is 17.1 Å². The third-order valence-electron chi connectivity index (χ3n) is 3.79. The number of sulfonamides is 1. The van der Waals surface area contributed by atoms with Gasteiger partial charge in [0.25, 0.3) is 5.69 Å². The highest BCUT2D eigenvalue weighted by molar-refractivity contribution is 7.89. The lowest BCUT2D eigenvalue weighted by molar-refractivity contribution is -0.385. The van der Waals surface area contributed by atoms with Crippen LogP contribution in [-0.4, -0.2) is 19.9 Å². The molecule has 0 aliphatic rings. The van der Waals surface area contributed by atoms with Crippen molar-refractivity contribution in [1.82, 2.24) is 4.72 Å². The molecular formula is C16H19N3O4S. The van der Waals surface area contributed by atoms with Gasteiger partial charge in [-0.2, -0.15) is 0 Å². The van der Waals surface area contributed by atoms with E-state index in [9.17, 15) is 18.5 Å². The van der Waals surface area contributed by atoms with Crippen LogP contribution < -0.4 is 10.5 Å². The fraction of sp³-hybridized carbons (Fsp3) is 0.250. The van der Waals surface area contributed by atoms with Crippen molar-refractivity contribution in [3.63, 3.8) is 0 Å². The fourth-order valence-electron chi connectivity index (χ4n) is 2.28. The summed E-state index contributed by atoms with van der Waals surface area (Å²) in [5, 5.41) is 11.0. The Kier molecular flexibility index (Phi) is 5.20. The average molecular weight is 349 g/mol. The van der Waals surface area contributed by atoms with Crippen LogP contribution in [0.25, 0.3) is 0 Å². The van der Waals surface area contributed by atoms with Crippen molar-refractivity contribution in [2.24, 2.45) is 0 Å². The van der Waals surface area contributed by atoms with Gasteiger partial charge in [-0.3, -0.25) is 10.1 Å². The summed E-state index contributed by atoms with van der Waals surface area (Å²) in [4.78, 5) is 10.3. The fourth-order valence-corrected chi connectivity index (χ4v) is 3.65. The number of nitrogens with two attached hydrogens (primary N) is 1. The SMILES string of the molecule is Cc1cc([N+](=O)[O-])cc(S(=O)(=O)NCCc2ccc(N)cc2)c1C. The van der Waals surface area contributed by atoms with E-state index in [1.807, 2.05) is 12.1 Å². The van der Waals surface area contributed by atoms with Crippen LogP contribution in [0.4, 0.5) is 11.4 Å². The predicted molar refractivity (Wildman–Crippen MR) is 92.3 cm³/mol. The van der Waals surface area contributed by atoms with Crippen molar-refractivity contribution in [1.29, 1.82) is 0 Å². The molecule has 0 aliphatic carbocycles. The van der Waals surface area contributed by atoms with E-state index < -0.39 is 14.9 Å². The second-order valence-electron chi connectivity index (χ2n) is 5.53. The minimum atomic E-state index is -3.83. The molecule has 0 radical (unpaired) electrons. The first-order valence-corrected chi connectivity index (χ1v) is 8.79. The number of non-ortho nitro benzene ring substituents is 1. The molecule has 2 aromatic rings. The minimum Gasteiger partial charge on any atom is -0.399 e. The number of hydrogen-bond donors (Lipinski definition) is 2. The van der Waals surface area contributed by atoms with Crippen molar-refractivity contribution in [3.8, 4) is 0 Å². The van der Waals surface area contributed by atoms with Gasteiger partial charge >= 0.3 is 0 Å². The van der Waals surface area contributed by atoms with Gasteiger partial charge in [0.05, 0.1) is 9.82 Å². The molecule has 8 heteroatoms. The lowest BCUT2D eigenvalue weighted by atomic mass is 10.1. The Morgan fingerprint density at radius 1 is 1.17 bits per heavy atom. The molecule has 2 aromatic carbocycles. The van der Waals surface area contributed by atoms with Crippen LogP contribution in [0.2, 0.25) is 0 Å². The molecule has 0 bridgehead atoms. The van der Waals surface area contributed by atoms with Crippen LogP contribution in [0.1, 0.15) is 16.7 Å². The number of benzene rings is 2. The molecule has 7 nitrogen and oxygen atoms in total. The Morgan fingerprint density at radius 3 is 2.38 bits per heavy atom. The summed E-state index contributed by atoms with van der Waals surface area (Å²) in [5.74, 6) is 0. The normalized spacial score (nSPS) is 11.4. The van der Waals surface area contributed by atoms with E-state index in [2.05, 4.69) is 4.72 Å². The Hall–Kier alpha value is -2.45. The summed E-state index contributed by atoms with van der Waals surface area (Å²) in [6.45, 7) is 3.47. The molecule has 0 spiro atoms. The van der Waals surface area contributed by atoms with E-state index in [4.69, 9.17) is 5.73 Å². The molecule has 2 rings (SSSR count). The summed E-state index contributed by atoms with van der Waals surface area (Å²) >= 11 is 0. The van der Waals surface area contributed by atoms with Gasteiger partial charge in [0.15, 0.2) is 0 Å². The van der Waals surface area contributed by atoms with Crippen molar-refractivity contribution in [3.05, 3.63) is 63.2 Å². The number of nitro groups is 1. The van der Waals surface area contributed by atoms with Crippen molar-refractivity contribution >= 4 is 21.4 Å². The number of aryl methyl sites for hydroxylation is 1. The van der Waals surface area contributed by atoms with E-state index in [0.717, 1.165) is 11.6 Å². The van der Waals surface area contributed by atoms with Crippen LogP contribution in [0.15, 0.2) is 41.3 Å².